The highest BCUT2D eigenvalue weighted by atomic mass is 35.5. The number of rotatable bonds is 7. The number of aromatic nitrogens is 3. The van der Waals surface area contributed by atoms with E-state index in [1.54, 1.807) is 23.1 Å². The lowest BCUT2D eigenvalue weighted by Crippen LogP contribution is -2.38. The van der Waals surface area contributed by atoms with E-state index in [4.69, 9.17) is 11.6 Å². The summed E-state index contributed by atoms with van der Waals surface area (Å²) in [6.07, 6.45) is 2.84. The van der Waals surface area contributed by atoms with Gasteiger partial charge in [0.25, 0.3) is 0 Å². The van der Waals surface area contributed by atoms with Gasteiger partial charge in [0.05, 0.1) is 12.1 Å². The summed E-state index contributed by atoms with van der Waals surface area (Å²) in [6.45, 7) is 5.73. The summed E-state index contributed by atoms with van der Waals surface area (Å²) in [4.78, 5) is 3.89. The van der Waals surface area contributed by atoms with E-state index in [0.29, 0.717) is 6.42 Å². The molecule has 5 nitrogen and oxygen atoms in total. The molecule has 24 heavy (non-hydrogen) atoms. The van der Waals surface area contributed by atoms with E-state index >= 15 is 0 Å². The Balaban J connectivity index is 2.05. The third-order valence-corrected chi connectivity index (χ3v) is 4.01. The van der Waals surface area contributed by atoms with Gasteiger partial charge in [0.2, 0.25) is 0 Å². The zero-order valence-electron chi connectivity index (χ0n) is 13.7. The Morgan fingerprint density at radius 1 is 1.29 bits per heavy atom. The van der Waals surface area contributed by atoms with Gasteiger partial charge >= 0.3 is 5.57 Å². The van der Waals surface area contributed by atoms with Crippen molar-refractivity contribution in [2.24, 2.45) is 5.41 Å². The van der Waals surface area contributed by atoms with Crippen LogP contribution in [0, 0.1) is 5.41 Å². The van der Waals surface area contributed by atoms with Crippen LogP contribution in [0.5, 0.6) is 5.75 Å². The molecular weight excluding hydrogens is 340 g/mol. The molecule has 132 valence electrons. The van der Waals surface area contributed by atoms with Gasteiger partial charge in [-0.05, 0) is 36.5 Å². The van der Waals surface area contributed by atoms with Gasteiger partial charge in [-0.1, -0.05) is 26.0 Å². The molecule has 1 N–H and O–H groups in total. The molecule has 0 radical (unpaired) electrons. The van der Waals surface area contributed by atoms with Gasteiger partial charge in [0.1, 0.15) is 18.4 Å². The highest BCUT2D eigenvalue weighted by molar-refractivity contribution is 6.20. The van der Waals surface area contributed by atoms with Crippen LogP contribution in [0.25, 0.3) is 0 Å². The van der Waals surface area contributed by atoms with Gasteiger partial charge in [-0.25, -0.2) is 9.67 Å². The van der Waals surface area contributed by atoms with Gasteiger partial charge in [0.15, 0.2) is 0 Å². The van der Waals surface area contributed by atoms with Crippen LogP contribution >= 0.6 is 11.6 Å². The largest absolute Gasteiger partial charge is 0.487 e. The minimum atomic E-state index is -3.73. The first-order chi connectivity index (χ1) is 11.1. The Morgan fingerprint density at radius 2 is 1.92 bits per heavy atom. The minimum Gasteiger partial charge on any atom is -0.420 e. The molecule has 0 aliphatic rings. The topological polar surface area (TPSA) is 60.2 Å². The van der Waals surface area contributed by atoms with Crippen molar-refractivity contribution in [1.82, 2.24) is 14.8 Å². The van der Waals surface area contributed by atoms with Crippen molar-refractivity contribution in [1.29, 1.82) is 0 Å². The molecule has 8 heteroatoms. The quantitative estimate of drug-likeness (QED) is 0.767. The van der Waals surface area contributed by atoms with E-state index in [0.717, 1.165) is 5.56 Å². The van der Waals surface area contributed by atoms with E-state index in [9.17, 15) is 13.9 Å². The lowest BCUT2D eigenvalue weighted by molar-refractivity contribution is -0.0964. The molecule has 0 amide bonds. The van der Waals surface area contributed by atoms with Crippen molar-refractivity contribution < 1.29 is 18.6 Å². The molecule has 1 aromatic carbocycles. The zero-order chi connectivity index (χ0) is 18.0. The first kappa shape index (κ1) is 18.6. The highest BCUT2D eigenvalue weighted by Crippen LogP contribution is 2.33. The number of hydrogen-bond acceptors (Lipinski definition) is 4. The number of halogens is 3. The SMILES string of the molecule is CC(C(O)C(C)(C)Cc1ccc(OC(F)(F)Cl)cc1)n1cncn1. The molecule has 0 spiro atoms. The Labute approximate surface area is 144 Å². The molecule has 0 aliphatic heterocycles. The molecule has 2 rings (SSSR count). The van der Waals surface area contributed by atoms with E-state index in [1.807, 2.05) is 20.8 Å². The van der Waals surface area contributed by atoms with Gasteiger partial charge in [0, 0.05) is 11.6 Å². The van der Waals surface area contributed by atoms with Crippen molar-refractivity contribution in [3.05, 3.63) is 42.5 Å². The van der Waals surface area contributed by atoms with Gasteiger partial charge in [-0.15, -0.1) is 8.78 Å². The highest BCUT2D eigenvalue weighted by Gasteiger charge is 2.33. The normalized spacial score (nSPS) is 15.1. The summed E-state index contributed by atoms with van der Waals surface area (Å²) in [7, 11) is 0. The molecule has 0 aliphatic carbocycles. The second-order valence-corrected chi connectivity index (χ2v) is 6.86. The Hall–Kier alpha value is -1.73. The number of aliphatic hydroxyl groups excluding tert-OH is 1. The van der Waals surface area contributed by atoms with Crippen LogP contribution in [0.4, 0.5) is 8.78 Å². The minimum absolute atomic E-state index is 0.0203. The molecule has 2 unspecified atom stereocenters. The van der Waals surface area contributed by atoms with Gasteiger partial charge in [-0.2, -0.15) is 5.10 Å². The number of hydrogen-bond donors (Lipinski definition) is 1. The second kappa shape index (κ2) is 7.03. The molecule has 0 bridgehead atoms. The van der Waals surface area contributed by atoms with E-state index in [2.05, 4.69) is 14.8 Å². The smallest absolute Gasteiger partial charge is 0.420 e. The van der Waals surface area contributed by atoms with Crippen molar-refractivity contribution in [2.45, 2.75) is 44.9 Å². The first-order valence-electron chi connectivity index (χ1n) is 7.45. The second-order valence-electron chi connectivity index (χ2n) is 6.42. The first-order valence-corrected chi connectivity index (χ1v) is 7.83. The molecule has 2 aromatic rings. The number of aliphatic hydroxyl groups is 1. The molecule has 0 saturated heterocycles. The molecule has 1 aromatic heterocycles. The van der Waals surface area contributed by atoms with Crippen LogP contribution in [0.1, 0.15) is 32.4 Å². The summed E-state index contributed by atoms with van der Waals surface area (Å²) < 4.78 is 31.1. The van der Waals surface area contributed by atoms with Crippen molar-refractivity contribution in [3.8, 4) is 5.75 Å². The van der Waals surface area contributed by atoms with Crippen LogP contribution in [0.15, 0.2) is 36.9 Å². The predicted molar refractivity (Wildman–Crippen MR) is 86.1 cm³/mol. The van der Waals surface area contributed by atoms with Crippen LogP contribution in [0.3, 0.4) is 0 Å². The number of benzene rings is 1. The summed E-state index contributed by atoms with van der Waals surface area (Å²) in [5, 5.41) is 14.7. The van der Waals surface area contributed by atoms with Crippen molar-refractivity contribution in [3.63, 3.8) is 0 Å². The average molecular weight is 360 g/mol. The third-order valence-electron chi connectivity index (χ3n) is 3.93. The lowest BCUT2D eigenvalue weighted by Gasteiger charge is -2.34. The maximum absolute atomic E-state index is 12.6. The van der Waals surface area contributed by atoms with Gasteiger partial charge in [-0.3, -0.25) is 0 Å². The number of alkyl halides is 3. The van der Waals surface area contributed by atoms with E-state index in [1.165, 1.54) is 18.5 Å². The summed E-state index contributed by atoms with van der Waals surface area (Å²) in [6, 6.07) is 5.95. The van der Waals surface area contributed by atoms with Crippen LogP contribution in [-0.2, 0) is 6.42 Å². The summed E-state index contributed by atoms with van der Waals surface area (Å²) in [5.41, 5.74) is -3.32. The van der Waals surface area contributed by atoms with E-state index in [-0.39, 0.29) is 11.8 Å². The van der Waals surface area contributed by atoms with Crippen LogP contribution in [-0.4, -0.2) is 31.5 Å². The molecular formula is C16H20ClF2N3O2. The van der Waals surface area contributed by atoms with Crippen molar-refractivity contribution in [2.75, 3.05) is 0 Å². The van der Waals surface area contributed by atoms with Crippen molar-refractivity contribution >= 4 is 11.6 Å². The molecule has 0 fully saturated rings. The molecule has 0 saturated carbocycles. The number of ether oxygens (including phenoxy) is 1. The maximum atomic E-state index is 12.6. The van der Waals surface area contributed by atoms with E-state index < -0.39 is 17.1 Å². The Bertz CT molecular complexity index is 642. The maximum Gasteiger partial charge on any atom is 0.487 e. The summed E-state index contributed by atoms with van der Waals surface area (Å²) >= 11 is 4.74. The lowest BCUT2D eigenvalue weighted by atomic mass is 9.78. The fraction of sp³-hybridized carbons (Fsp3) is 0.500. The molecule has 2 atom stereocenters. The van der Waals surface area contributed by atoms with Crippen LogP contribution < -0.4 is 4.74 Å². The average Bonchev–Trinajstić information content (AvgIpc) is 3.00. The summed E-state index contributed by atoms with van der Waals surface area (Å²) in [5.74, 6) is -0.0203. The number of nitrogens with zero attached hydrogens (tertiary/aromatic N) is 3. The van der Waals surface area contributed by atoms with Crippen LogP contribution in [0.2, 0.25) is 0 Å². The standard InChI is InChI=1S/C16H20ClF2N3O2/c1-11(22-10-20-9-21-22)14(23)15(2,3)8-12-4-6-13(7-5-12)24-16(17,18)19/h4-7,9-11,14,23H,8H2,1-3H3. The molecule has 1 heterocycles. The Kier molecular flexibility index (Phi) is 5.45. The fourth-order valence-electron chi connectivity index (χ4n) is 2.66. The predicted octanol–water partition coefficient (Wildman–Crippen LogP) is 3.64. The third kappa shape index (κ3) is 4.88. The fourth-order valence-corrected chi connectivity index (χ4v) is 2.75. The van der Waals surface area contributed by atoms with Gasteiger partial charge < -0.3 is 9.84 Å². The zero-order valence-corrected chi connectivity index (χ0v) is 14.4. The Morgan fingerprint density at radius 3 is 2.42 bits per heavy atom. The monoisotopic (exact) mass is 359 g/mol.